The number of carbonyl (C=O) groups excluding carboxylic acids is 3. The normalized spacial score (nSPS) is 15.7. The molecule has 0 bridgehead atoms. The molecule has 1 aromatic heterocycles. The van der Waals surface area contributed by atoms with E-state index in [1.807, 2.05) is 75.5 Å². The number of ether oxygens (including phenoxy) is 1. The van der Waals surface area contributed by atoms with Crippen molar-refractivity contribution in [2.75, 3.05) is 51.8 Å². The van der Waals surface area contributed by atoms with Gasteiger partial charge in [0.25, 0.3) is 0 Å². The maximum absolute atomic E-state index is 13.0. The van der Waals surface area contributed by atoms with Crippen LogP contribution in [0.2, 0.25) is 0 Å². The van der Waals surface area contributed by atoms with Crippen molar-refractivity contribution in [3.05, 3.63) is 66.4 Å². The van der Waals surface area contributed by atoms with Crippen LogP contribution in [-0.2, 0) is 22.6 Å². The molecule has 42 heavy (non-hydrogen) atoms. The average Bonchev–Trinajstić information content (AvgIpc) is 3.64. The Bertz CT molecular complexity index is 1340. The fourth-order valence-electron chi connectivity index (χ4n) is 5.29. The molecule has 0 saturated carbocycles. The number of nitrogens with one attached hydrogen (secondary N) is 2. The topological polar surface area (TPSA) is 125 Å². The number of piperidine rings is 1. The number of benzene rings is 2. The van der Waals surface area contributed by atoms with Gasteiger partial charge in [0, 0.05) is 63.5 Å². The predicted octanol–water partition coefficient (Wildman–Crippen LogP) is 3.03. The van der Waals surface area contributed by atoms with Crippen LogP contribution >= 0.6 is 0 Å². The number of aromatic nitrogens is 3. The molecular weight excluding hydrogens is 536 g/mol. The molecule has 3 aromatic rings. The lowest BCUT2D eigenvalue weighted by Gasteiger charge is -2.36. The maximum Gasteiger partial charge on any atom is 0.321 e. The molecule has 3 heterocycles. The summed E-state index contributed by atoms with van der Waals surface area (Å²) in [4.78, 5) is 42.9. The third kappa shape index (κ3) is 7.43. The molecule has 2 aliphatic rings. The number of anilines is 1. The minimum Gasteiger partial charge on any atom is -0.379 e. The molecule has 12 heteroatoms. The predicted molar refractivity (Wildman–Crippen MR) is 158 cm³/mol. The first kappa shape index (κ1) is 29.1. The van der Waals surface area contributed by atoms with Gasteiger partial charge in [-0.3, -0.25) is 4.79 Å². The highest BCUT2D eigenvalue weighted by molar-refractivity contribution is 5.89. The number of likely N-dealkylation sites (tertiary alicyclic amines) is 1. The summed E-state index contributed by atoms with van der Waals surface area (Å²) < 4.78 is 7.17. The molecule has 2 aromatic carbocycles. The van der Waals surface area contributed by atoms with Gasteiger partial charge in [-0.15, -0.1) is 5.10 Å². The lowest BCUT2D eigenvalue weighted by molar-refractivity contribution is -0.121. The lowest BCUT2D eigenvalue weighted by Crippen LogP contribution is -2.49. The first-order chi connectivity index (χ1) is 20.5. The number of amides is 5. The van der Waals surface area contributed by atoms with Crippen LogP contribution in [0.25, 0.3) is 11.3 Å². The number of hydrogen-bond donors (Lipinski definition) is 2. The van der Waals surface area contributed by atoms with Gasteiger partial charge in [-0.05, 0) is 30.5 Å². The van der Waals surface area contributed by atoms with Gasteiger partial charge in [-0.25, -0.2) is 14.3 Å². The van der Waals surface area contributed by atoms with E-state index < -0.39 is 0 Å². The van der Waals surface area contributed by atoms with Crippen LogP contribution in [0, 0.1) is 0 Å². The molecular formula is C30H38N8O4. The Balaban J connectivity index is 1.04. The van der Waals surface area contributed by atoms with Crippen molar-refractivity contribution in [2.24, 2.45) is 0 Å². The first-order valence-electron chi connectivity index (χ1n) is 14.4. The summed E-state index contributed by atoms with van der Waals surface area (Å²) in [6.07, 6.45) is 3.71. The summed E-state index contributed by atoms with van der Waals surface area (Å²) in [6.45, 7) is 4.63. The molecule has 0 spiro atoms. The highest BCUT2D eigenvalue weighted by Crippen LogP contribution is 2.24. The Morgan fingerprint density at radius 2 is 1.74 bits per heavy atom. The van der Waals surface area contributed by atoms with Crippen LogP contribution in [0.4, 0.5) is 15.3 Å². The lowest BCUT2D eigenvalue weighted by atomic mass is 10.0. The second-order valence-corrected chi connectivity index (χ2v) is 10.5. The van der Waals surface area contributed by atoms with Gasteiger partial charge in [-0.1, -0.05) is 47.7 Å². The van der Waals surface area contributed by atoms with Crippen molar-refractivity contribution in [1.29, 1.82) is 0 Å². The summed E-state index contributed by atoms with van der Waals surface area (Å²) in [6, 6.07) is 17.7. The fraction of sp³-hybridized carbons (Fsp3) is 0.433. The van der Waals surface area contributed by atoms with Gasteiger partial charge >= 0.3 is 12.1 Å². The molecule has 0 unspecified atom stereocenters. The van der Waals surface area contributed by atoms with Gasteiger partial charge in [0.2, 0.25) is 5.91 Å². The van der Waals surface area contributed by atoms with E-state index in [-0.39, 0.29) is 24.0 Å². The Labute approximate surface area is 245 Å². The minimum atomic E-state index is -0.137. The van der Waals surface area contributed by atoms with Crippen molar-refractivity contribution in [3.63, 3.8) is 0 Å². The molecule has 5 amide bonds. The second kappa shape index (κ2) is 13.9. The molecule has 2 fully saturated rings. The van der Waals surface area contributed by atoms with E-state index in [1.165, 1.54) is 0 Å². The molecule has 2 saturated heterocycles. The molecule has 5 rings (SSSR count). The Kier molecular flexibility index (Phi) is 9.65. The zero-order valence-corrected chi connectivity index (χ0v) is 23.9. The average molecular weight is 575 g/mol. The number of carbonyl (C=O) groups is 3. The van der Waals surface area contributed by atoms with Crippen LogP contribution in [0.5, 0.6) is 0 Å². The molecule has 0 aliphatic carbocycles. The quantitative estimate of drug-likeness (QED) is 0.339. The van der Waals surface area contributed by atoms with Crippen LogP contribution in [0.15, 0.2) is 60.8 Å². The van der Waals surface area contributed by atoms with Crippen molar-refractivity contribution in [3.8, 4) is 11.3 Å². The number of urea groups is 2. The molecule has 2 N–H and O–H groups in total. The fourth-order valence-corrected chi connectivity index (χ4v) is 5.29. The van der Waals surface area contributed by atoms with E-state index in [1.54, 1.807) is 11.7 Å². The third-order valence-corrected chi connectivity index (χ3v) is 7.72. The Morgan fingerprint density at radius 3 is 2.48 bits per heavy atom. The standard InChI is InChI=1S/C30H38N8O4/c1-31-28(39)13-19-42-20-18-37-22-27(33-34-37)24-7-9-25(10-8-24)32-29(40)35-14-11-26(12-15-35)38-17-16-36(30(38)41)21-23-5-3-2-4-6-23/h2-10,22,26H,11-21H2,1H3,(H,31,39)(H,32,40). The van der Waals surface area contributed by atoms with E-state index in [2.05, 4.69) is 20.9 Å². The van der Waals surface area contributed by atoms with Gasteiger partial charge in [-0.2, -0.15) is 0 Å². The molecule has 2 aliphatic heterocycles. The van der Waals surface area contributed by atoms with E-state index in [9.17, 15) is 14.4 Å². The molecule has 0 radical (unpaired) electrons. The van der Waals surface area contributed by atoms with Gasteiger partial charge < -0.3 is 30.1 Å². The SMILES string of the molecule is CNC(=O)CCOCCn1cc(-c2ccc(NC(=O)N3CCC(N4CCN(Cc5ccccc5)C4=O)CC3)cc2)nn1. The molecule has 222 valence electrons. The van der Waals surface area contributed by atoms with Gasteiger partial charge in [0.15, 0.2) is 0 Å². The number of nitrogens with zero attached hydrogens (tertiary/aromatic N) is 6. The highest BCUT2D eigenvalue weighted by Gasteiger charge is 2.36. The summed E-state index contributed by atoms with van der Waals surface area (Å²) in [7, 11) is 1.60. The second-order valence-electron chi connectivity index (χ2n) is 10.5. The smallest absolute Gasteiger partial charge is 0.321 e. The number of hydrogen-bond acceptors (Lipinski definition) is 6. The van der Waals surface area contributed by atoms with E-state index >= 15 is 0 Å². The van der Waals surface area contributed by atoms with Crippen LogP contribution in [0.3, 0.4) is 0 Å². The van der Waals surface area contributed by atoms with Crippen molar-refractivity contribution in [2.45, 2.75) is 38.4 Å². The highest BCUT2D eigenvalue weighted by atomic mass is 16.5. The summed E-state index contributed by atoms with van der Waals surface area (Å²) in [5.41, 5.74) is 3.45. The Morgan fingerprint density at radius 1 is 0.976 bits per heavy atom. The summed E-state index contributed by atoms with van der Waals surface area (Å²) in [5.74, 6) is -0.0519. The van der Waals surface area contributed by atoms with Gasteiger partial charge in [0.1, 0.15) is 5.69 Å². The van der Waals surface area contributed by atoms with E-state index in [4.69, 9.17) is 4.74 Å². The first-order valence-corrected chi connectivity index (χ1v) is 14.4. The van der Waals surface area contributed by atoms with Crippen molar-refractivity contribution >= 4 is 23.7 Å². The zero-order valence-electron chi connectivity index (χ0n) is 23.9. The number of rotatable bonds is 11. The van der Waals surface area contributed by atoms with Crippen LogP contribution in [0.1, 0.15) is 24.8 Å². The van der Waals surface area contributed by atoms with Crippen LogP contribution in [-0.4, -0.2) is 100 Å². The third-order valence-electron chi connectivity index (χ3n) is 7.72. The Hall–Kier alpha value is -4.45. The monoisotopic (exact) mass is 574 g/mol. The largest absolute Gasteiger partial charge is 0.379 e. The minimum absolute atomic E-state index is 0.0519. The maximum atomic E-state index is 13.0. The molecule has 0 atom stereocenters. The van der Waals surface area contributed by atoms with Crippen molar-refractivity contribution < 1.29 is 19.1 Å². The van der Waals surface area contributed by atoms with Crippen molar-refractivity contribution in [1.82, 2.24) is 35.0 Å². The molecule has 12 nitrogen and oxygen atoms in total. The van der Waals surface area contributed by atoms with E-state index in [0.29, 0.717) is 51.5 Å². The van der Waals surface area contributed by atoms with E-state index in [0.717, 1.165) is 42.8 Å². The summed E-state index contributed by atoms with van der Waals surface area (Å²) in [5, 5.41) is 13.9. The zero-order chi connectivity index (χ0) is 29.3. The summed E-state index contributed by atoms with van der Waals surface area (Å²) >= 11 is 0. The van der Waals surface area contributed by atoms with Gasteiger partial charge in [0.05, 0.1) is 26.0 Å². The van der Waals surface area contributed by atoms with Crippen LogP contribution < -0.4 is 10.6 Å².